The van der Waals surface area contributed by atoms with E-state index in [9.17, 15) is 0 Å². The van der Waals surface area contributed by atoms with E-state index < -0.39 is 0 Å². The number of rotatable bonds is 4. The molecule has 2 N–H and O–H groups in total. The van der Waals surface area contributed by atoms with Crippen molar-refractivity contribution in [2.24, 2.45) is 5.73 Å². The average Bonchev–Trinajstić information content (AvgIpc) is 2.26. The predicted molar refractivity (Wildman–Crippen MR) is 59.6 cm³/mol. The number of para-hydroxylation sites is 1. The van der Waals surface area contributed by atoms with Gasteiger partial charge in [-0.1, -0.05) is 41.4 Å². The zero-order chi connectivity index (χ0) is 10.4. The second kappa shape index (κ2) is 5.91. The van der Waals surface area contributed by atoms with E-state index in [-0.39, 0.29) is 6.61 Å². The summed E-state index contributed by atoms with van der Waals surface area (Å²) in [5, 5.41) is 0.457. The van der Waals surface area contributed by atoms with Gasteiger partial charge in [-0.15, -0.1) is 0 Å². The number of hydrogen-bond acceptors (Lipinski definition) is 2. The Hall–Kier alpha value is -0.700. The molecular weight excluding hydrogens is 221 g/mol. The summed E-state index contributed by atoms with van der Waals surface area (Å²) in [6.45, 7) is 0.709. The lowest BCUT2D eigenvalue weighted by molar-refractivity contribution is 0.355. The minimum Gasteiger partial charge on any atom is -0.488 e. The van der Waals surface area contributed by atoms with Crippen LogP contribution in [0, 0.1) is 0 Å². The molecule has 0 radical (unpaired) electrons. The van der Waals surface area contributed by atoms with Crippen molar-refractivity contribution < 1.29 is 4.74 Å². The van der Waals surface area contributed by atoms with E-state index in [0.29, 0.717) is 11.6 Å². The number of hydrogen-bond donors (Lipinski definition) is 1. The van der Waals surface area contributed by atoms with E-state index >= 15 is 0 Å². The minimum atomic E-state index is 0.266. The third kappa shape index (κ3) is 3.22. The summed E-state index contributed by atoms with van der Waals surface area (Å²) in [7, 11) is 0. The zero-order valence-corrected chi connectivity index (χ0v) is 9.05. The third-order valence-electron chi connectivity index (χ3n) is 1.68. The first-order valence-electron chi connectivity index (χ1n) is 4.13. The van der Waals surface area contributed by atoms with Crippen LogP contribution in [0.1, 0.15) is 5.56 Å². The number of benzene rings is 1. The summed E-state index contributed by atoms with van der Waals surface area (Å²) in [5.41, 5.74) is 7.77. The van der Waals surface area contributed by atoms with Gasteiger partial charge in [-0.3, -0.25) is 0 Å². The highest BCUT2D eigenvalue weighted by atomic mass is 35.5. The van der Waals surface area contributed by atoms with Crippen molar-refractivity contribution in [1.82, 2.24) is 0 Å². The molecule has 0 aromatic heterocycles. The monoisotopic (exact) mass is 231 g/mol. The van der Waals surface area contributed by atoms with Gasteiger partial charge in [0.2, 0.25) is 0 Å². The molecule has 0 atom stereocenters. The lowest BCUT2D eigenvalue weighted by Crippen LogP contribution is -2.03. The van der Waals surface area contributed by atoms with E-state index in [1.165, 1.54) is 5.54 Å². The highest BCUT2D eigenvalue weighted by Crippen LogP contribution is 2.18. The standard InChI is InChI=1S/C10H11Cl2NO/c11-5-9(12)7-14-10-4-2-1-3-8(10)6-13/h1-5H,6-7,13H2. The van der Waals surface area contributed by atoms with Gasteiger partial charge >= 0.3 is 0 Å². The fraction of sp³-hybridized carbons (Fsp3) is 0.200. The summed E-state index contributed by atoms with van der Waals surface area (Å²) in [5.74, 6) is 0.742. The Morgan fingerprint density at radius 1 is 1.43 bits per heavy atom. The van der Waals surface area contributed by atoms with Crippen LogP contribution in [0.15, 0.2) is 34.8 Å². The molecule has 0 aliphatic carbocycles. The van der Waals surface area contributed by atoms with Gasteiger partial charge in [-0.25, -0.2) is 0 Å². The van der Waals surface area contributed by atoms with Crippen molar-refractivity contribution in [2.45, 2.75) is 6.54 Å². The van der Waals surface area contributed by atoms with Gasteiger partial charge in [0.25, 0.3) is 0 Å². The van der Waals surface area contributed by atoms with Gasteiger partial charge in [0.05, 0.1) is 5.03 Å². The average molecular weight is 232 g/mol. The largest absolute Gasteiger partial charge is 0.488 e. The maximum Gasteiger partial charge on any atom is 0.125 e. The van der Waals surface area contributed by atoms with Crippen LogP contribution < -0.4 is 10.5 Å². The van der Waals surface area contributed by atoms with E-state index in [1.54, 1.807) is 0 Å². The van der Waals surface area contributed by atoms with Crippen molar-refractivity contribution in [1.29, 1.82) is 0 Å². The Kier molecular flexibility index (Phi) is 4.80. The summed E-state index contributed by atoms with van der Waals surface area (Å²) in [6, 6.07) is 7.55. The maximum atomic E-state index is 5.68. The molecule has 1 aromatic carbocycles. The summed E-state index contributed by atoms with van der Waals surface area (Å²) >= 11 is 11.1. The van der Waals surface area contributed by atoms with Gasteiger partial charge in [-0.2, -0.15) is 0 Å². The molecule has 76 valence electrons. The van der Waals surface area contributed by atoms with E-state index in [1.807, 2.05) is 24.3 Å². The SMILES string of the molecule is NCc1ccccc1OCC(Cl)=CCl. The van der Waals surface area contributed by atoms with Gasteiger partial charge in [0.15, 0.2) is 0 Å². The summed E-state index contributed by atoms with van der Waals surface area (Å²) < 4.78 is 5.42. The molecule has 1 aromatic rings. The Morgan fingerprint density at radius 2 is 2.14 bits per heavy atom. The summed E-state index contributed by atoms with van der Waals surface area (Å²) in [6.07, 6.45) is 0. The van der Waals surface area contributed by atoms with E-state index in [4.69, 9.17) is 33.7 Å². The Morgan fingerprint density at radius 3 is 2.79 bits per heavy atom. The first-order valence-corrected chi connectivity index (χ1v) is 4.95. The molecule has 0 saturated carbocycles. The van der Waals surface area contributed by atoms with Crippen LogP contribution in [-0.2, 0) is 6.54 Å². The van der Waals surface area contributed by atoms with Crippen LogP contribution in [-0.4, -0.2) is 6.61 Å². The molecule has 0 spiro atoms. The summed E-state index contributed by atoms with van der Waals surface area (Å²) in [4.78, 5) is 0. The first kappa shape index (κ1) is 11.4. The number of halogens is 2. The second-order valence-corrected chi connectivity index (χ2v) is 3.36. The van der Waals surface area contributed by atoms with Crippen molar-refractivity contribution in [2.75, 3.05) is 6.61 Å². The number of nitrogens with two attached hydrogens (primary N) is 1. The molecule has 0 fully saturated rings. The van der Waals surface area contributed by atoms with E-state index in [2.05, 4.69) is 0 Å². The molecule has 0 amide bonds. The third-order valence-corrected chi connectivity index (χ3v) is 2.27. The Bertz CT molecular complexity index is 326. The first-order chi connectivity index (χ1) is 6.77. The molecule has 2 nitrogen and oxygen atoms in total. The van der Waals surface area contributed by atoms with Crippen molar-refractivity contribution >= 4 is 23.2 Å². The fourth-order valence-electron chi connectivity index (χ4n) is 0.991. The van der Waals surface area contributed by atoms with Crippen LogP contribution in [0.4, 0.5) is 0 Å². The number of ether oxygens (including phenoxy) is 1. The molecule has 0 aliphatic heterocycles. The quantitative estimate of drug-likeness (QED) is 0.866. The van der Waals surface area contributed by atoms with E-state index in [0.717, 1.165) is 11.3 Å². The van der Waals surface area contributed by atoms with Gasteiger partial charge in [0.1, 0.15) is 12.4 Å². The van der Waals surface area contributed by atoms with Gasteiger partial charge in [0, 0.05) is 17.6 Å². The van der Waals surface area contributed by atoms with Gasteiger partial charge in [-0.05, 0) is 6.07 Å². The Labute approximate surface area is 93.3 Å². The smallest absolute Gasteiger partial charge is 0.125 e. The second-order valence-electron chi connectivity index (χ2n) is 2.66. The fourth-order valence-corrected chi connectivity index (χ4v) is 1.11. The molecule has 0 saturated heterocycles. The highest BCUT2D eigenvalue weighted by Gasteiger charge is 2.01. The van der Waals surface area contributed by atoms with Crippen molar-refractivity contribution in [3.8, 4) is 5.75 Å². The molecule has 0 bridgehead atoms. The molecule has 14 heavy (non-hydrogen) atoms. The molecular formula is C10H11Cl2NO. The van der Waals surface area contributed by atoms with Crippen molar-refractivity contribution in [3.63, 3.8) is 0 Å². The topological polar surface area (TPSA) is 35.2 Å². The molecule has 0 aliphatic rings. The predicted octanol–water partition coefficient (Wildman–Crippen LogP) is 2.84. The zero-order valence-electron chi connectivity index (χ0n) is 7.54. The molecule has 0 heterocycles. The molecule has 4 heteroatoms. The van der Waals surface area contributed by atoms with Crippen LogP contribution >= 0.6 is 23.2 Å². The minimum absolute atomic E-state index is 0.266. The highest BCUT2D eigenvalue weighted by molar-refractivity contribution is 6.36. The van der Waals surface area contributed by atoms with Crippen LogP contribution in [0.5, 0.6) is 5.75 Å². The molecule has 1 rings (SSSR count). The lowest BCUT2D eigenvalue weighted by atomic mass is 10.2. The van der Waals surface area contributed by atoms with Crippen LogP contribution in [0.3, 0.4) is 0 Å². The lowest BCUT2D eigenvalue weighted by Gasteiger charge is -2.08. The Balaban J connectivity index is 2.66. The normalized spacial score (nSPS) is 11.5. The molecule has 0 unspecified atom stereocenters. The maximum absolute atomic E-state index is 5.68. The van der Waals surface area contributed by atoms with Crippen LogP contribution in [0.2, 0.25) is 0 Å². The van der Waals surface area contributed by atoms with Crippen LogP contribution in [0.25, 0.3) is 0 Å². The van der Waals surface area contributed by atoms with Crippen molar-refractivity contribution in [3.05, 3.63) is 40.4 Å². The van der Waals surface area contributed by atoms with Gasteiger partial charge < -0.3 is 10.5 Å².